The Hall–Kier alpha value is -2.80. The fraction of sp³-hybridized carbons (Fsp3) is 0.286. The first-order valence-corrected chi connectivity index (χ1v) is 10.3. The molecular weight excluding hydrogens is 374 g/mol. The molecule has 146 valence electrons. The van der Waals surface area contributed by atoms with Gasteiger partial charge in [-0.05, 0) is 49.8 Å². The van der Waals surface area contributed by atoms with E-state index in [1.807, 2.05) is 54.8 Å². The van der Waals surface area contributed by atoms with E-state index in [1.165, 1.54) is 0 Å². The third-order valence-corrected chi connectivity index (χ3v) is 5.48. The van der Waals surface area contributed by atoms with Crippen LogP contribution in [0.2, 0.25) is 0 Å². The van der Waals surface area contributed by atoms with Crippen LogP contribution < -0.4 is 10.6 Å². The van der Waals surface area contributed by atoms with Gasteiger partial charge in [-0.2, -0.15) is 0 Å². The fourth-order valence-electron chi connectivity index (χ4n) is 3.14. The topological polar surface area (TPSA) is 78.5 Å². The van der Waals surface area contributed by atoms with Gasteiger partial charge in [-0.1, -0.05) is 36.4 Å². The lowest BCUT2D eigenvalue weighted by molar-refractivity contribution is -0.133. The molecule has 6 nitrogen and oxygen atoms in total. The molecule has 0 radical (unpaired) electrons. The third kappa shape index (κ3) is 4.54. The minimum atomic E-state index is -1.01. The van der Waals surface area contributed by atoms with Crippen molar-refractivity contribution in [2.45, 2.75) is 30.2 Å². The van der Waals surface area contributed by atoms with E-state index in [1.54, 1.807) is 24.8 Å². The summed E-state index contributed by atoms with van der Waals surface area (Å²) in [5.74, 6) is -0.782. The van der Waals surface area contributed by atoms with Gasteiger partial charge in [0.15, 0.2) is 0 Å². The molecule has 1 atom stereocenters. The number of nitrogens with zero attached hydrogens (tertiary/aromatic N) is 1. The summed E-state index contributed by atoms with van der Waals surface area (Å²) in [4.78, 5) is 39.5. The number of carbonyl (C=O) groups excluding carboxylic acids is 3. The Morgan fingerprint density at radius 3 is 2.61 bits per heavy atom. The first-order chi connectivity index (χ1) is 13.4. The number of anilines is 1. The van der Waals surface area contributed by atoms with Crippen molar-refractivity contribution >= 4 is 35.3 Å². The van der Waals surface area contributed by atoms with Crippen LogP contribution in [0.1, 0.15) is 18.9 Å². The molecule has 1 aliphatic rings. The Kier molecular flexibility index (Phi) is 6.04. The van der Waals surface area contributed by atoms with Gasteiger partial charge in [-0.25, -0.2) is 4.79 Å². The van der Waals surface area contributed by atoms with Gasteiger partial charge in [-0.3, -0.25) is 14.5 Å². The molecule has 1 fully saturated rings. The minimum Gasteiger partial charge on any atom is -0.324 e. The summed E-state index contributed by atoms with van der Waals surface area (Å²) in [5.41, 5.74) is 0.720. The van der Waals surface area contributed by atoms with Crippen LogP contribution >= 0.6 is 11.8 Å². The summed E-state index contributed by atoms with van der Waals surface area (Å²) in [7, 11) is 0. The van der Waals surface area contributed by atoms with Crippen LogP contribution in [0.3, 0.4) is 0 Å². The fourth-order valence-corrected chi connectivity index (χ4v) is 3.60. The number of hydrogen-bond acceptors (Lipinski definition) is 4. The van der Waals surface area contributed by atoms with E-state index in [0.29, 0.717) is 18.5 Å². The van der Waals surface area contributed by atoms with E-state index < -0.39 is 17.5 Å². The van der Waals surface area contributed by atoms with Gasteiger partial charge in [0.2, 0.25) is 5.91 Å². The Morgan fingerprint density at radius 1 is 1.14 bits per heavy atom. The van der Waals surface area contributed by atoms with Crippen LogP contribution in [0.4, 0.5) is 10.5 Å². The maximum Gasteiger partial charge on any atom is 0.325 e. The van der Waals surface area contributed by atoms with Gasteiger partial charge in [0.25, 0.3) is 5.91 Å². The van der Waals surface area contributed by atoms with Crippen molar-refractivity contribution in [3.63, 3.8) is 0 Å². The molecular formula is C21H23N3O3S. The Balaban J connectivity index is 1.61. The SMILES string of the molecule is CSc1cccc(NC(=O)CN2C(=O)N[C@@](C)(CCc3ccccc3)C2=O)c1. The van der Waals surface area contributed by atoms with Gasteiger partial charge in [0.05, 0.1) is 0 Å². The molecule has 0 aromatic heterocycles. The highest BCUT2D eigenvalue weighted by Crippen LogP contribution is 2.24. The molecule has 2 aromatic rings. The number of carbonyl (C=O) groups is 3. The first-order valence-electron chi connectivity index (χ1n) is 9.03. The number of nitrogens with one attached hydrogen (secondary N) is 2. The number of rotatable bonds is 7. The summed E-state index contributed by atoms with van der Waals surface area (Å²) in [6.45, 7) is 1.39. The second-order valence-corrected chi connectivity index (χ2v) is 7.80. The summed E-state index contributed by atoms with van der Waals surface area (Å²) >= 11 is 1.57. The highest BCUT2D eigenvalue weighted by Gasteiger charge is 2.47. The van der Waals surface area contributed by atoms with E-state index in [4.69, 9.17) is 0 Å². The number of imide groups is 1. The Bertz CT molecular complexity index is 887. The lowest BCUT2D eigenvalue weighted by Crippen LogP contribution is -2.45. The average molecular weight is 398 g/mol. The molecule has 1 aliphatic heterocycles. The largest absolute Gasteiger partial charge is 0.325 e. The molecule has 7 heteroatoms. The molecule has 2 aromatic carbocycles. The van der Waals surface area contributed by atoms with Gasteiger partial charge in [0, 0.05) is 10.6 Å². The third-order valence-electron chi connectivity index (χ3n) is 4.76. The predicted molar refractivity (Wildman–Crippen MR) is 110 cm³/mol. The van der Waals surface area contributed by atoms with E-state index in [-0.39, 0.29) is 12.5 Å². The molecule has 0 aliphatic carbocycles. The molecule has 4 amide bonds. The number of hydrogen-bond donors (Lipinski definition) is 2. The molecule has 28 heavy (non-hydrogen) atoms. The van der Waals surface area contributed by atoms with E-state index in [2.05, 4.69) is 10.6 Å². The predicted octanol–water partition coefficient (Wildman–Crippen LogP) is 3.29. The maximum absolute atomic E-state index is 12.8. The normalized spacial score (nSPS) is 18.9. The molecule has 0 saturated carbocycles. The van der Waals surface area contributed by atoms with Gasteiger partial charge in [0.1, 0.15) is 12.1 Å². The molecule has 1 saturated heterocycles. The quantitative estimate of drug-likeness (QED) is 0.555. The van der Waals surface area contributed by atoms with Crippen molar-refractivity contribution in [1.29, 1.82) is 0 Å². The first kappa shape index (κ1) is 19.9. The Labute approximate surface area is 168 Å². The number of amides is 4. The monoisotopic (exact) mass is 397 g/mol. The van der Waals surface area contributed by atoms with E-state index in [9.17, 15) is 14.4 Å². The van der Waals surface area contributed by atoms with Crippen LogP contribution in [0, 0.1) is 0 Å². The van der Waals surface area contributed by atoms with Crippen LogP contribution in [-0.4, -0.2) is 41.1 Å². The minimum absolute atomic E-state index is 0.310. The number of urea groups is 1. The van der Waals surface area contributed by atoms with Crippen LogP contribution in [0.5, 0.6) is 0 Å². The average Bonchev–Trinajstić information content (AvgIpc) is 2.91. The van der Waals surface area contributed by atoms with Crippen LogP contribution in [-0.2, 0) is 16.0 Å². The van der Waals surface area contributed by atoms with Gasteiger partial charge < -0.3 is 10.6 Å². The summed E-state index contributed by atoms with van der Waals surface area (Å²) in [6, 6.07) is 16.6. The van der Waals surface area contributed by atoms with E-state index >= 15 is 0 Å². The summed E-state index contributed by atoms with van der Waals surface area (Å²) in [6.07, 6.45) is 3.07. The van der Waals surface area contributed by atoms with Gasteiger partial charge in [-0.15, -0.1) is 11.8 Å². The van der Waals surface area contributed by atoms with Crippen molar-refractivity contribution < 1.29 is 14.4 Å². The highest BCUT2D eigenvalue weighted by molar-refractivity contribution is 7.98. The lowest BCUT2D eigenvalue weighted by atomic mass is 9.93. The van der Waals surface area contributed by atoms with Gasteiger partial charge >= 0.3 is 6.03 Å². The van der Waals surface area contributed by atoms with Crippen molar-refractivity contribution in [2.24, 2.45) is 0 Å². The number of thioether (sulfide) groups is 1. The summed E-state index contributed by atoms with van der Waals surface area (Å²) in [5, 5.41) is 5.49. The number of benzene rings is 2. The summed E-state index contributed by atoms with van der Waals surface area (Å²) < 4.78 is 0. The smallest absolute Gasteiger partial charge is 0.324 e. The van der Waals surface area contributed by atoms with Crippen LogP contribution in [0.25, 0.3) is 0 Å². The zero-order valence-corrected chi connectivity index (χ0v) is 16.7. The molecule has 0 unspecified atom stereocenters. The van der Waals surface area contributed by atoms with Crippen molar-refractivity contribution in [2.75, 3.05) is 18.1 Å². The van der Waals surface area contributed by atoms with Crippen LogP contribution in [0.15, 0.2) is 59.5 Å². The van der Waals surface area contributed by atoms with E-state index in [0.717, 1.165) is 15.4 Å². The number of aryl methyl sites for hydroxylation is 1. The molecule has 3 rings (SSSR count). The molecule has 1 heterocycles. The highest BCUT2D eigenvalue weighted by atomic mass is 32.2. The van der Waals surface area contributed by atoms with Crippen molar-refractivity contribution in [3.8, 4) is 0 Å². The zero-order valence-electron chi connectivity index (χ0n) is 15.9. The maximum atomic E-state index is 12.8. The second kappa shape index (κ2) is 8.48. The standard InChI is InChI=1S/C21H23N3O3S/c1-21(12-11-15-7-4-3-5-8-15)19(26)24(20(27)23-21)14-18(25)22-16-9-6-10-17(13-16)28-2/h3-10,13H,11-12,14H2,1-2H3,(H,22,25)(H,23,27)/t21-/m0/s1. The second-order valence-electron chi connectivity index (χ2n) is 6.92. The molecule has 0 bridgehead atoms. The zero-order chi connectivity index (χ0) is 20.1. The molecule has 2 N–H and O–H groups in total. The van der Waals surface area contributed by atoms with Crippen molar-refractivity contribution in [3.05, 3.63) is 60.2 Å². The Morgan fingerprint density at radius 2 is 1.89 bits per heavy atom. The lowest BCUT2D eigenvalue weighted by Gasteiger charge is -2.21. The van der Waals surface area contributed by atoms with Crippen molar-refractivity contribution in [1.82, 2.24) is 10.2 Å². The molecule has 0 spiro atoms.